The highest BCUT2D eigenvalue weighted by molar-refractivity contribution is 5.78. The van der Waals surface area contributed by atoms with Gasteiger partial charge in [-0.25, -0.2) is 0 Å². The minimum Gasteiger partial charge on any atom is -0.469 e. The SMILES string of the molecule is CC(=O)OC1CC(c2ccccc2C)CC(c2ccccc2C)C1.COC(=O)C1CC(c2ccccc2C)CC(c2ccccc2C)C1.Cc1ccccc1C1CC(C(=O)N(C)C)CC(c2ccccc2C)C1. The van der Waals surface area contributed by atoms with Crippen LogP contribution in [0.4, 0.5) is 0 Å². The van der Waals surface area contributed by atoms with Crippen LogP contribution >= 0.6 is 0 Å². The highest BCUT2D eigenvalue weighted by atomic mass is 16.5. The molecule has 3 aliphatic carbocycles. The van der Waals surface area contributed by atoms with Gasteiger partial charge < -0.3 is 14.4 Å². The summed E-state index contributed by atoms with van der Waals surface area (Å²) in [5.74, 6) is 2.74. The molecule has 6 atom stereocenters. The summed E-state index contributed by atoms with van der Waals surface area (Å²) in [6.45, 7) is 14.6. The second kappa shape index (κ2) is 25.6. The van der Waals surface area contributed by atoms with E-state index in [-0.39, 0.29) is 35.8 Å². The number of carbonyl (C=O) groups excluding carboxylic acids is 3. The highest BCUT2D eigenvalue weighted by Gasteiger charge is 2.38. The lowest BCUT2D eigenvalue weighted by molar-refractivity contribution is -0.148. The number of amides is 1. The molecule has 73 heavy (non-hydrogen) atoms. The van der Waals surface area contributed by atoms with Crippen molar-refractivity contribution in [2.45, 2.75) is 148 Å². The lowest BCUT2D eigenvalue weighted by Gasteiger charge is -2.37. The van der Waals surface area contributed by atoms with Crippen LogP contribution < -0.4 is 0 Å². The molecule has 6 heteroatoms. The number of benzene rings is 6. The molecule has 0 aromatic heterocycles. The highest BCUT2D eigenvalue weighted by Crippen LogP contribution is 2.48. The van der Waals surface area contributed by atoms with Gasteiger partial charge in [-0.15, -0.1) is 0 Å². The predicted octanol–water partition coefficient (Wildman–Crippen LogP) is 15.5. The number of nitrogens with zero attached hydrogens (tertiary/aromatic N) is 1. The fraction of sp³-hybridized carbons (Fsp3) is 0.418. The second-order valence-electron chi connectivity index (χ2n) is 21.8. The first-order chi connectivity index (χ1) is 35.1. The summed E-state index contributed by atoms with van der Waals surface area (Å²) in [6, 6.07) is 51.7. The zero-order valence-corrected chi connectivity index (χ0v) is 45.4. The molecule has 0 N–H and O–H groups in total. The smallest absolute Gasteiger partial charge is 0.308 e. The zero-order valence-electron chi connectivity index (χ0n) is 45.4. The summed E-state index contributed by atoms with van der Waals surface area (Å²) in [4.78, 5) is 38.3. The van der Waals surface area contributed by atoms with E-state index in [1.807, 2.05) is 14.1 Å². The van der Waals surface area contributed by atoms with Crippen LogP contribution in [-0.2, 0) is 23.9 Å². The number of aryl methyl sites for hydroxylation is 6. The molecule has 0 heterocycles. The molecular weight excluding hydrogens is 899 g/mol. The van der Waals surface area contributed by atoms with E-state index >= 15 is 0 Å². The third kappa shape index (κ3) is 14.1. The fourth-order valence-corrected chi connectivity index (χ4v) is 13.0. The van der Waals surface area contributed by atoms with Gasteiger partial charge in [0.25, 0.3) is 0 Å². The number of methoxy groups -OCH3 is 1. The molecule has 0 aliphatic heterocycles. The molecular formula is C67H81NO5. The van der Waals surface area contributed by atoms with Gasteiger partial charge in [0.2, 0.25) is 5.91 Å². The average molecular weight is 980 g/mol. The Morgan fingerprint density at radius 3 is 0.863 bits per heavy atom. The molecule has 3 fully saturated rings. The molecule has 6 aromatic carbocycles. The van der Waals surface area contributed by atoms with E-state index in [0.29, 0.717) is 35.5 Å². The van der Waals surface area contributed by atoms with Crippen molar-refractivity contribution in [1.82, 2.24) is 4.90 Å². The van der Waals surface area contributed by atoms with E-state index in [0.717, 1.165) is 57.8 Å². The topological polar surface area (TPSA) is 72.9 Å². The molecule has 6 unspecified atom stereocenters. The Labute approximate surface area is 437 Å². The number of esters is 2. The summed E-state index contributed by atoms with van der Waals surface area (Å²) in [5.41, 5.74) is 16.4. The minimum absolute atomic E-state index is 0.00506. The van der Waals surface area contributed by atoms with Crippen LogP contribution in [-0.4, -0.2) is 50.1 Å². The van der Waals surface area contributed by atoms with Crippen LogP contribution in [0.5, 0.6) is 0 Å². The minimum atomic E-state index is -0.172. The van der Waals surface area contributed by atoms with Gasteiger partial charge >= 0.3 is 11.9 Å². The Balaban J connectivity index is 0.000000160. The van der Waals surface area contributed by atoms with Crippen molar-refractivity contribution in [2.75, 3.05) is 21.2 Å². The number of rotatable bonds is 9. The largest absolute Gasteiger partial charge is 0.469 e. The van der Waals surface area contributed by atoms with Gasteiger partial charge in [-0.1, -0.05) is 146 Å². The van der Waals surface area contributed by atoms with Gasteiger partial charge in [0.15, 0.2) is 0 Å². The van der Waals surface area contributed by atoms with Crippen molar-refractivity contribution in [3.8, 4) is 0 Å². The van der Waals surface area contributed by atoms with Crippen LogP contribution in [0.25, 0.3) is 0 Å². The molecule has 6 aromatic rings. The standard InChI is InChI=1S/C23H29NO.2C22H26O2/c1-16-9-5-7-11-21(16)18-13-19(22-12-8-6-10-17(22)2)15-20(14-18)23(25)24(3)4;1-15-8-4-6-10-20(15)17-12-18(14-19(13-17)22(23)24-3)21-11-7-5-9-16(21)2;1-15-8-4-6-10-21(15)18-12-19(14-20(13-18)24-17(3)23)22-11-7-5-9-16(22)2/h5-12,18-20H,13-15H2,1-4H3;4-11,17-19H,12-14H2,1-3H3;4-11,18-20H,12-14H2,1-3H3. The molecule has 0 bridgehead atoms. The summed E-state index contributed by atoms with van der Waals surface area (Å²) in [6.07, 6.45) is 8.91. The van der Waals surface area contributed by atoms with Crippen LogP contribution in [0.1, 0.15) is 167 Å². The molecule has 384 valence electrons. The van der Waals surface area contributed by atoms with E-state index in [2.05, 4.69) is 187 Å². The van der Waals surface area contributed by atoms with Crippen LogP contribution in [0.2, 0.25) is 0 Å². The Kier molecular flexibility index (Phi) is 19.1. The Morgan fingerprint density at radius 1 is 0.384 bits per heavy atom. The molecule has 0 spiro atoms. The van der Waals surface area contributed by atoms with E-state index in [9.17, 15) is 14.4 Å². The van der Waals surface area contributed by atoms with Crippen molar-refractivity contribution in [1.29, 1.82) is 0 Å². The molecule has 0 radical (unpaired) electrons. The third-order valence-corrected chi connectivity index (χ3v) is 16.5. The van der Waals surface area contributed by atoms with Crippen LogP contribution in [0, 0.1) is 53.4 Å². The quantitative estimate of drug-likeness (QED) is 0.135. The van der Waals surface area contributed by atoms with Crippen molar-refractivity contribution in [2.24, 2.45) is 11.8 Å². The lowest BCUT2D eigenvalue weighted by atomic mass is 9.69. The summed E-state index contributed by atoms with van der Waals surface area (Å²) < 4.78 is 10.7. The summed E-state index contributed by atoms with van der Waals surface area (Å²) >= 11 is 0. The van der Waals surface area contributed by atoms with Crippen LogP contribution in [0.15, 0.2) is 146 Å². The average Bonchev–Trinajstić information content (AvgIpc) is 3.38. The first kappa shape index (κ1) is 54.5. The predicted molar refractivity (Wildman–Crippen MR) is 298 cm³/mol. The van der Waals surface area contributed by atoms with Crippen molar-refractivity contribution < 1.29 is 23.9 Å². The van der Waals surface area contributed by atoms with Crippen molar-refractivity contribution in [3.05, 3.63) is 212 Å². The molecule has 3 saturated carbocycles. The number of hydrogen-bond donors (Lipinski definition) is 0. The molecule has 3 aliphatic rings. The van der Waals surface area contributed by atoms with Gasteiger partial charge in [0.1, 0.15) is 6.10 Å². The van der Waals surface area contributed by atoms with E-state index in [1.165, 1.54) is 80.8 Å². The first-order valence-corrected chi connectivity index (χ1v) is 26.9. The van der Waals surface area contributed by atoms with Gasteiger partial charge in [-0.3, -0.25) is 14.4 Å². The van der Waals surface area contributed by atoms with Gasteiger partial charge in [-0.05, 0) is 202 Å². The molecule has 0 saturated heterocycles. The first-order valence-electron chi connectivity index (χ1n) is 26.9. The van der Waals surface area contributed by atoms with E-state index < -0.39 is 0 Å². The summed E-state index contributed by atoms with van der Waals surface area (Å²) in [5, 5.41) is 0. The number of ether oxygens (including phenoxy) is 2. The second-order valence-corrected chi connectivity index (χ2v) is 21.8. The number of hydrogen-bond acceptors (Lipinski definition) is 5. The molecule has 1 amide bonds. The van der Waals surface area contributed by atoms with Gasteiger partial charge in [0, 0.05) is 26.9 Å². The lowest BCUT2D eigenvalue weighted by Crippen LogP contribution is -2.34. The Hall–Kier alpha value is -6.27. The van der Waals surface area contributed by atoms with E-state index in [4.69, 9.17) is 9.47 Å². The van der Waals surface area contributed by atoms with E-state index in [1.54, 1.807) is 4.90 Å². The van der Waals surface area contributed by atoms with Crippen molar-refractivity contribution >= 4 is 17.8 Å². The maximum Gasteiger partial charge on any atom is 0.308 e. The normalized spacial score (nSPS) is 23.6. The van der Waals surface area contributed by atoms with Crippen molar-refractivity contribution in [3.63, 3.8) is 0 Å². The third-order valence-electron chi connectivity index (χ3n) is 16.5. The zero-order chi connectivity index (χ0) is 52.2. The maximum absolute atomic E-state index is 12.7. The number of carbonyl (C=O) groups is 3. The van der Waals surface area contributed by atoms with Crippen LogP contribution in [0.3, 0.4) is 0 Å². The fourth-order valence-electron chi connectivity index (χ4n) is 13.0. The Morgan fingerprint density at radius 2 is 0.630 bits per heavy atom. The molecule has 9 rings (SSSR count). The Bertz CT molecular complexity index is 2630. The molecule has 6 nitrogen and oxygen atoms in total. The maximum atomic E-state index is 12.7. The summed E-state index contributed by atoms with van der Waals surface area (Å²) in [7, 11) is 5.26. The van der Waals surface area contributed by atoms with Gasteiger partial charge in [0.05, 0.1) is 13.0 Å². The monoisotopic (exact) mass is 980 g/mol. The van der Waals surface area contributed by atoms with Gasteiger partial charge in [-0.2, -0.15) is 0 Å².